The molecule has 1 aliphatic heterocycles. The van der Waals surface area contributed by atoms with Crippen LogP contribution in [0.4, 0.5) is 11.4 Å². The molecule has 1 aromatic heterocycles. The molecule has 0 saturated heterocycles. The molecule has 0 fully saturated rings. The van der Waals surface area contributed by atoms with Crippen LogP contribution in [-0.2, 0) is 9.53 Å². The van der Waals surface area contributed by atoms with Gasteiger partial charge >= 0.3 is 5.97 Å². The standard InChI is InChI=1S/C22H16N4O7S/c1-12-18(21(28)33-2)19(14-4-3-5-16(11-14)26(31)32)24-20(27)17(34-22(24)23-12)10-13-6-8-15(9-7-13)25(29)30/h3-11,19H,1-2H3. The summed E-state index contributed by atoms with van der Waals surface area (Å²) in [5, 5.41) is 22.2. The quantitative estimate of drug-likeness (QED) is 0.309. The number of hydrogen-bond acceptors (Lipinski definition) is 9. The van der Waals surface area contributed by atoms with E-state index in [2.05, 4.69) is 4.99 Å². The average Bonchev–Trinajstić information content (AvgIpc) is 3.12. The molecule has 1 unspecified atom stereocenters. The smallest absolute Gasteiger partial charge is 0.338 e. The number of aromatic nitrogens is 1. The number of carbonyl (C=O) groups is 1. The number of nitrogens with zero attached hydrogens (tertiary/aromatic N) is 4. The van der Waals surface area contributed by atoms with Gasteiger partial charge in [-0.05, 0) is 36.3 Å². The number of esters is 1. The van der Waals surface area contributed by atoms with E-state index in [0.717, 1.165) is 11.3 Å². The first-order valence-electron chi connectivity index (χ1n) is 9.81. The molecule has 0 saturated carbocycles. The van der Waals surface area contributed by atoms with Crippen LogP contribution in [0.5, 0.6) is 0 Å². The number of fused-ring (bicyclic) bond motifs is 1. The zero-order valence-corrected chi connectivity index (χ0v) is 18.6. The second kappa shape index (κ2) is 8.83. The molecule has 12 heteroatoms. The van der Waals surface area contributed by atoms with E-state index in [1.807, 2.05) is 0 Å². The van der Waals surface area contributed by atoms with E-state index in [1.54, 1.807) is 19.1 Å². The van der Waals surface area contributed by atoms with Gasteiger partial charge in [-0.2, -0.15) is 0 Å². The third kappa shape index (κ3) is 4.01. The highest BCUT2D eigenvalue weighted by atomic mass is 32.1. The Bertz CT molecular complexity index is 1550. The Hall–Kier alpha value is -4.45. The first-order valence-corrected chi connectivity index (χ1v) is 10.6. The van der Waals surface area contributed by atoms with Crippen LogP contribution in [0.25, 0.3) is 6.08 Å². The number of nitro groups is 2. The molecule has 11 nitrogen and oxygen atoms in total. The van der Waals surface area contributed by atoms with Gasteiger partial charge in [0.1, 0.15) is 0 Å². The fourth-order valence-corrected chi connectivity index (χ4v) is 4.71. The van der Waals surface area contributed by atoms with E-state index >= 15 is 0 Å². The Morgan fingerprint density at radius 2 is 1.79 bits per heavy atom. The van der Waals surface area contributed by atoms with Crippen LogP contribution in [-0.4, -0.2) is 27.5 Å². The van der Waals surface area contributed by atoms with Gasteiger partial charge in [-0.25, -0.2) is 9.79 Å². The van der Waals surface area contributed by atoms with Crippen molar-refractivity contribution in [1.82, 2.24) is 4.57 Å². The van der Waals surface area contributed by atoms with E-state index in [0.29, 0.717) is 21.6 Å². The molecule has 3 aromatic rings. The van der Waals surface area contributed by atoms with E-state index in [1.165, 1.54) is 54.1 Å². The summed E-state index contributed by atoms with van der Waals surface area (Å²) in [6.45, 7) is 1.60. The van der Waals surface area contributed by atoms with Crippen LogP contribution < -0.4 is 14.9 Å². The van der Waals surface area contributed by atoms with Gasteiger partial charge in [0, 0.05) is 24.3 Å². The molecular weight excluding hydrogens is 464 g/mol. The van der Waals surface area contributed by atoms with Gasteiger partial charge in [0.25, 0.3) is 16.9 Å². The summed E-state index contributed by atoms with van der Waals surface area (Å²) in [5.41, 5.74) is 0.599. The number of carbonyl (C=O) groups excluding carboxylic acids is 1. The van der Waals surface area contributed by atoms with Crippen molar-refractivity contribution in [3.05, 3.63) is 111 Å². The molecule has 1 atom stereocenters. The largest absolute Gasteiger partial charge is 0.466 e. The summed E-state index contributed by atoms with van der Waals surface area (Å²) in [5.74, 6) is -0.706. The number of rotatable bonds is 5. The second-order valence-corrected chi connectivity index (χ2v) is 8.28. The molecule has 0 bridgehead atoms. The van der Waals surface area contributed by atoms with E-state index in [-0.39, 0.29) is 21.5 Å². The van der Waals surface area contributed by atoms with Gasteiger partial charge in [-0.3, -0.25) is 29.6 Å². The highest BCUT2D eigenvalue weighted by Gasteiger charge is 2.33. The van der Waals surface area contributed by atoms with Gasteiger partial charge < -0.3 is 4.74 Å². The van der Waals surface area contributed by atoms with Crippen LogP contribution in [0.2, 0.25) is 0 Å². The fourth-order valence-electron chi connectivity index (χ4n) is 3.66. The van der Waals surface area contributed by atoms with Crippen LogP contribution in [0.1, 0.15) is 24.1 Å². The second-order valence-electron chi connectivity index (χ2n) is 7.27. The molecule has 1 aliphatic rings. The molecule has 2 aromatic carbocycles. The van der Waals surface area contributed by atoms with Gasteiger partial charge in [0.05, 0.1) is 38.8 Å². The summed E-state index contributed by atoms with van der Waals surface area (Å²) in [6, 6.07) is 10.4. The monoisotopic (exact) mass is 480 g/mol. The summed E-state index contributed by atoms with van der Waals surface area (Å²) < 4.78 is 6.50. The van der Waals surface area contributed by atoms with Crippen molar-refractivity contribution in [3.63, 3.8) is 0 Å². The van der Waals surface area contributed by atoms with E-state index in [9.17, 15) is 29.8 Å². The summed E-state index contributed by atoms with van der Waals surface area (Å²) >= 11 is 1.08. The molecule has 4 rings (SSSR count). The third-order valence-electron chi connectivity index (χ3n) is 5.23. The molecule has 0 spiro atoms. The molecule has 2 heterocycles. The minimum atomic E-state index is -0.984. The predicted octanol–water partition coefficient (Wildman–Crippen LogP) is 2.22. The average molecular weight is 480 g/mol. The highest BCUT2D eigenvalue weighted by molar-refractivity contribution is 7.07. The molecule has 0 amide bonds. The molecule has 0 N–H and O–H groups in total. The number of benzene rings is 2. The van der Waals surface area contributed by atoms with Crippen LogP contribution in [0, 0.1) is 20.2 Å². The van der Waals surface area contributed by atoms with Crippen molar-refractivity contribution in [3.8, 4) is 0 Å². The van der Waals surface area contributed by atoms with Crippen molar-refractivity contribution < 1.29 is 19.4 Å². The first-order chi connectivity index (χ1) is 16.2. The van der Waals surface area contributed by atoms with Crippen molar-refractivity contribution >= 4 is 34.8 Å². The summed E-state index contributed by atoms with van der Waals surface area (Å²) in [7, 11) is 1.20. The number of nitro benzene ring substituents is 2. The Morgan fingerprint density at radius 1 is 1.12 bits per heavy atom. The maximum absolute atomic E-state index is 13.4. The Balaban J connectivity index is 1.94. The van der Waals surface area contributed by atoms with Crippen molar-refractivity contribution in [2.45, 2.75) is 13.0 Å². The third-order valence-corrected chi connectivity index (χ3v) is 6.21. The topological polar surface area (TPSA) is 147 Å². The van der Waals surface area contributed by atoms with Crippen LogP contribution in [0.15, 0.2) is 69.6 Å². The molecule has 0 radical (unpaired) electrons. The molecule has 172 valence electrons. The number of ether oxygens (including phenoxy) is 1. The maximum atomic E-state index is 13.4. The lowest BCUT2D eigenvalue weighted by molar-refractivity contribution is -0.385. The number of non-ortho nitro benzene ring substituents is 2. The SMILES string of the molecule is COC(=O)C1=C(C)N=c2sc(=Cc3ccc([N+](=O)[O-])cc3)c(=O)n2C1c1cccc([N+](=O)[O-])c1. The Morgan fingerprint density at radius 3 is 2.41 bits per heavy atom. The number of thiazole rings is 1. The minimum Gasteiger partial charge on any atom is -0.466 e. The van der Waals surface area contributed by atoms with Gasteiger partial charge in [-0.15, -0.1) is 0 Å². The van der Waals surface area contributed by atoms with Crippen LogP contribution >= 0.6 is 11.3 Å². The lowest BCUT2D eigenvalue weighted by Gasteiger charge is -2.24. The Kier molecular flexibility index (Phi) is 5.90. The minimum absolute atomic E-state index is 0.0809. The number of allylic oxidation sites excluding steroid dienone is 1. The zero-order chi connectivity index (χ0) is 24.6. The van der Waals surface area contributed by atoms with Gasteiger partial charge in [0.15, 0.2) is 4.80 Å². The van der Waals surface area contributed by atoms with Crippen molar-refractivity contribution in [1.29, 1.82) is 0 Å². The normalized spacial score (nSPS) is 15.5. The van der Waals surface area contributed by atoms with Crippen molar-refractivity contribution in [2.75, 3.05) is 7.11 Å². The van der Waals surface area contributed by atoms with E-state index < -0.39 is 27.4 Å². The fraction of sp³-hybridized carbons (Fsp3) is 0.136. The van der Waals surface area contributed by atoms with Gasteiger partial charge in [-0.1, -0.05) is 23.5 Å². The maximum Gasteiger partial charge on any atom is 0.338 e. The zero-order valence-electron chi connectivity index (χ0n) is 17.8. The highest BCUT2D eigenvalue weighted by Crippen LogP contribution is 2.32. The first kappa shape index (κ1) is 22.7. The predicted molar refractivity (Wildman–Crippen MR) is 122 cm³/mol. The van der Waals surface area contributed by atoms with Gasteiger partial charge in [0.2, 0.25) is 0 Å². The lowest BCUT2D eigenvalue weighted by atomic mass is 9.95. The molecule has 34 heavy (non-hydrogen) atoms. The van der Waals surface area contributed by atoms with Crippen molar-refractivity contribution in [2.24, 2.45) is 4.99 Å². The molecular formula is C22H16N4O7S. The van der Waals surface area contributed by atoms with E-state index in [4.69, 9.17) is 4.74 Å². The summed E-state index contributed by atoms with van der Waals surface area (Å²) in [6.07, 6.45) is 1.56. The summed E-state index contributed by atoms with van der Waals surface area (Å²) in [4.78, 5) is 51.9. The lowest BCUT2D eigenvalue weighted by Crippen LogP contribution is -2.39. The molecule has 0 aliphatic carbocycles. The number of methoxy groups -OCH3 is 1. The Labute approximate surface area is 194 Å². The van der Waals surface area contributed by atoms with Crippen LogP contribution in [0.3, 0.4) is 0 Å². The number of hydrogen-bond donors (Lipinski definition) is 0.